The molecule has 8 heteroatoms. The Bertz CT molecular complexity index is 534. The van der Waals surface area contributed by atoms with Crippen LogP contribution >= 0.6 is 23.2 Å². The summed E-state index contributed by atoms with van der Waals surface area (Å²) in [5, 5.41) is 23.0. The highest BCUT2D eigenvalue weighted by atomic mass is 35.5. The fourth-order valence-corrected chi connectivity index (χ4v) is 1.97. The van der Waals surface area contributed by atoms with Gasteiger partial charge in [0.05, 0.1) is 21.4 Å². The third-order valence-electron chi connectivity index (χ3n) is 2.78. The van der Waals surface area contributed by atoms with Crippen molar-refractivity contribution < 1.29 is 14.8 Å². The molecule has 0 fully saturated rings. The molecular formula is C12H14Cl2N2O4. The van der Waals surface area contributed by atoms with Gasteiger partial charge in [-0.15, -0.1) is 0 Å². The van der Waals surface area contributed by atoms with Gasteiger partial charge in [-0.3, -0.25) is 14.9 Å². The Hall–Kier alpha value is -1.53. The number of benzene rings is 1. The first kappa shape index (κ1) is 16.5. The maximum Gasteiger partial charge on any atom is 0.305 e. The average molecular weight is 321 g/mol. The predicted octanol–water partition coefficient (Wildman–Crippen LogP) is 3.81. The lowest BCUT2D eigenvalue weighted by Gasteiger charge is -2.22. The summed E-state index contributed by atoms with van der Waals surface area (Å²) >= 11 is 11.6. The van der Waals surface area contributed by atoms with Crippen molar-refractivity contribution in [3.63, 3.8) is 0 Å². The highest BCUT2D eigenvalue weighted by Crippen LogP contribution is 2.35. The van der Waals surface area contributed by atoms with Gasteiger partial charge >= 0.3 is 5.97 Å². The van der Waals surface area contributed by atoms with E-state index in [-0.39, 0.29) is 33.8 Å². The number of hydrogen-bond donors (Lipinski definition) is 2. The number of nitro benzene ring substituents is 1. The smallest absolute Gasteiger partial charge is 0.305 e. The molecule has 1 rings (SSSR count). The van der Waals surface area contributed by atoms with Gasteiger partial charge in [-0.05, 0) is 12.0 Å². The second-order valence-corrected chi connectivity index (χ2v) is 5.45. The summed E-state index contributed by atoms with van der Waals surface area (Å²) in [6.45, 7) is 3.65. The quantitative estimate of drug-likeness (QED) is 0.614. The molecule has 6 nitrogen and oxygen atoms in total. The van der Waals surface area contributed by atoms with Gasteiger partial charge in [0.25, 0.3) is 5.69 Å². The summed E-state index contributed by atoms with van der Waals surface area (Å²) in [4.78, 5) is 21.2. The van der Waals surface area contributed by atoms with Crippen molar-refractivity contribution in [3.05, 3.63) is 32.3 Å². The van der Waals surface area contributed by atoms with Crippen molar-refractivity contribution in [1.29, 1.82) is 0 Å². The van der Waals surface area contributed by atoms with Crippen molar-refractivity contribution in [3.8, 4) is 0 Å². The molecule has 0 aliphatic heterocycles. The van der Waals surface area contributed by atoms with E-state index in [0.717, 1.165) is 6.07 Å². The van der Waals surface area contributed by atoms with E-state index in [9.17, 15) is 14.9 Å². The van der Waals surface area contributed by atoms with Crippen LogP contribution in [0.2, 0.25) is 10.0 Å². The molecule has 0 bridgehead atoms. The monoisotopic (exact) mass is 320 g/mol. The summed E-state index contributed by atoms with van der Waals surface area (Å²) in [7, 11) is 0. The first-order valence-corrected chi connectivity index (χ1v) is 6.59. The number of carboxylic acid groups (broad SMARTS) is 1. The van der Waals surface area contributed by atoms with Crippen LogP contribution in [0.5, 0.6) is 0 Å². The number of carboxylic acids is 1. The molecule has 0 aliphatic carbocycles. The number of nitrogens with zero attached hydrogens (tertiary/aromatic N) is 1. The average Bonchev–Trinajstić information content (AvgIpc) is 2.31. The molecule has 1 atom stereocenters. The molecule has 0 radical (unpaired) electrons. The summed E-state index contributed by atoms with van der Waals surface area (Å²) in [5.41, 5.74) is -0.0835. The Kier molecular flexibility index (Phi) is 5.59. The Morgan fingerprint density at radius 3 is 2.40 bits per heavy atom. The molecule has 0 aromatic heterocycles. The van der Waals surface area contributed by atoms with E-state index in [1.807, 2.05) is 13.8 Å². The lowest BCUT2D eigenvalue weighted by molar-refractivity contribution is -0.384. The summed E-state index contributed by atoms with van der Waals surface area (Å²) in [6, 6.07) is 2.02. The van der Waals surface area contributed by atoms with Crippen molar-refractivity contribution in [1.82, 2.24) is 0 Å². The highest BCUT2D eigenvalue weighted by Gasteiger charge is 2.23. The van der Waals surface area contributed by atoms with Gasteiger partial charge in [-0.2, -0.15) is 0 Å². The Labute approximate surface area is 125 Å². The third-order valence-corrected chi connectivity index (χ3v) is 3.50. The van der Waals surface area contributed by atoms with Crippen LogP contribution in [0.25, 0.3) is 0 Å². The number of hydrogen-bond acceptors (Lipinski definition) is 4. The van der Waals surface area contributed by atoms with Gasteiger partial charge in [0, 0.05) is 12.1 Å². The summed E-state index contributed by atoms with van der Waals surface area (Å²) in [5.74, 6) is -1.01. The predicted molar refractivity (Wildman–Crippen MR) is 77.6 cm³/mol. The maximum absolute atomic E-state index is 11.0. The van der Waals surface area contributed by atoms with E-state index >= 15 is 0 Å². The number of anilines is 1. The highest BCUT2D eigenvalue weighted by molar-refractivity contribution is 6.42. The largest absolute Gasteiger partial charge is 0.481 e. The zero-order valence-electron chi connectivity index (χ0n) is 10.9. The van der Waals surface area contributed by atoms with E-state index in [1.54, 1.807) is 0 Å². The van der Waals surface area contributed by atoms with Gasteiger partial charge in [0.1, 0.15) is 5.69 Å². The standard InChI is InChI=1S/C12H14Cl2N2O4/c1-6(2)9(5-12(17)18)15-10-3-7(13)8(14)4-11(10)16(19)20/h3-4,6,9,15H,5H2,1-2H3,(H,17,18). The summed E-state index contributed by atoms with van der Waals surface area (Å²) in [6.07, 6.45) is -0.158. The fraction of sp³-hybridized carbons (Fsp3) is 0.417. The second-order valence-electron chi connectivity index (χ2n) is 4.63. The number of rotatable bonds is 6. The third kappa shape index (κ3) is 4.25. The van der Waals surface area contributed by atoms with E-state index in [2.05, 4.69) is 5.32 Å². The molecule has 2 N–H and O–H groups in total. The molecule has 0 amide bonds. The topological polar surface area (TPSA) is 92.5 Å². The number of aliphatic carboxylic acids is 1. The SMILES string of the molecule is CC(C)C(CC(=O)O)Nc1cc(Cl)c(Cl)cc1[N+](=O)[O-]. The first-order valence-electron chi connectivity index (χ1n) is 5.84. The first-order chi connectivity index (χ1) is 9.22. The fourth-order valence-electron chi connectivity index (χ4n) is 1.64. The van der Waals surface area contributed by atoms with Crippen LogP contribution in [0.4, 0.5) is 11.4 Å². The van der Waals surface area contributed by atoms with Gasteiger partial charge in [-0.25, -0.2) is 0 Å². The molecule has 0 saturated carbocycles. The molecule has 0 heterocycles. The minimum absolute atomic E-state index is 0.0276. The van der Waals surface area contributed by atoms with Crippen LogP contribution in [0.15, 0.2) is 12.1 Å². The van der Waals surface area contributed by atoms with Crippen LogP contribution in [0.1, 0.15) is 20.3 Å². The van der Waals surface area contributed by atoms with E-state index in [1.165, 1.54) is 6.07 Å². The van der Waals surface area contributed by atoms with E-state index in [4.69, 9.17) is 28.3 Å². The van der Waals surface area contributed by atoms with Gasteiger partial charge in [-0.1, -0.05) is 37.0 Å². The van der Waals surface area contributed by atoms with Crippen molar-refractivity contribution in [2.24, 2.45) is 5.92 Å². The van der Waals surface area contributed by atoms with E-state index < -0.39 is 16.9 Å². The molecule has 0 aliphatic rings. The van der Waals surface area contributed by atoms with Crippen LogP contribution in [0.3, 0.4) is 0 Å². The zero-order valence-corrected chi connectivity index (χ0v) is 12.4. The molecule has 1 aromatic carbocycles. The van der Waals surface area contributed by atoms with Crippen molar-refractivity contribution in [2.75, 3.05) is 5.32 Å². The van der Waals surface area contributed by atoms with Gasteiger partial charge in [0.15, 0.2) is 0 Å². The van der Waals surface area contributed by atoms with Gasteiger partial charge in [0.2, 0.25) is 0 Å². The molecule has 0 spiro atoms. The minimum Gasteiger partial charge on any atom is -0.481 e. The van der Waals surface area contributed by atoms with Crippen molar-refractivity contribution in [2.45, 2.75) is 26.3 Å². The lowest BCUT2D eigenvalue weighted by atomic mass is 10.0. The van der Waals surface area contributed by atoms with Crippen LogP contribution in [-0.2, 0) is 4.79 Å². The lowest BCUT2D eigenvalue weighted by Crippen LogP contribution is -2.28. The molecule has 0 saturated heterocycles. The van der Waals surface area contributed by atoms with Crippen LogP contribution in [-0.4, -0.2) is 22.0 Å². The van der Waals surface area contributed by atoms with E-state index in [0.29, 0.717) is 0 Å². The Morgan fingerprint density at radius 1 is 1.40 bits per heavy atom. The number of carbonyl (C=O) groups is 1. The molecular weight excluding hydrogens is 307 g/mol. The zero-order chi connectivity index (χ0) is 15.4. The number of nitrogens with one attached hydrogen (secondary N) is 1. The molecule has 20 heavy (non-hydrogen) atoms. The Morgan fingerprint density at radius 2 is 1.95 bits per heavy atom. The normalized spacial score (nSPS) is 12.2. The number of halogens is 2. The van der Waals surface area contributed by atoms with Crippen LogP contribution < -0.4 is 5.32 Å². The molecule has 1 aromatic rings. The Balaban J connectivity index is 3.14. The second kappa shape index (κ2) is 6.76. The maximum atomic E-state index is 11.0. The van der Waals surface area contributed by atoms with Crippen LogP contribution in [0, 0.1) is 16.0 Å². The minimum atomic E-state index is -0.987. The molecule has 1 unspecified atom stereocenters. The van der Waals surface area contributed by atoms with Gasteiger partial charge < -0.3 is 10.4 Å². The number of nitro groups is 1. The molecule has 110 valence electrons. The summed E-state index contributed by atoms with van der Waals surface area (Å²) < 4.78 is 0. The van der Waals surface area contributed by atoms with Crippen molar-refractivity contribution >= 4 is 40.5 Å².